The predicted octanol–water partition coefficient (Wildman–Crippen LogP) is 3.08. The SMILES string of the molecule is Cn1cc2c(c1)C(=O)CCC2.O=C1CCCc2c[nH]cc21. The number of H-pyrrole nitrogens is 1. The molecule has 21 heavy (non-hydrogen) atoms. The van der Waals surface area contributed by atoms with Crippen molar-refractivity contribution in [3.8, 4) is 0 Å². The molecule has 0 amide bonds. The highest BCUT2D eigenvalue weighted by Crippen LogP contribution is 2.21. The van der Waals surface area contributed by atoms with Crippen LogP contribution in [0.25, 0.3) is 0 Å². The quantitative estimate of drug-likeness (QED) is 0.808. The molecule has 0 atom stereocenters. The molecule has 0 aromatic carbocycles. The standard InChI is InChI=1S/C9H11NO.C8H9NO/c1-10-5-7-3-2-4-9(11)8(7)6-10;10-8-3-1-2-6-4-9-5-7(6)8/h5-6H,2-4H2,1H3;4-5,9H,1-3H2. The second kappa shape index (κ2) is 5.72. The molecular weight excluding hydrogens is 264 g/mol. The first-order valence-corrected chi connectivity index (χ1v) is 7.52. The fourth-order valence-electron chi connectivity index (χ4n) is 3.10. The zero-order valence-electron chi connectivity index (χ0n) is 12.3. The number of ketones is 2. The molecule has 0 fully saturated rings. The van der Waals surface area contributed by atoms with E-state index in [2.05, 4.69) is 4.98 Å². The molecular formula is C17H20N2O2. The number of aryl methyl sites for hydroxylation is 3. The Morgan fingerprint density at radius 1 is 0.857 bits per heavy atom. The van der Waals surface area contributed by atoms with Gasteiger partial charge >= 0.3 is 0 Å². The van der Waals surface area contributed by atoms with Gasteiger partial charge in [0, 0.05) is 55.8 Å². The third-order valence-electron chi connectivity index (χ3n) is 4.17. The summed E-state index contributed by atoms with van der Waals surface area (Å²) in [7, 11) is 1.96. The van der Waals surface area contributed by atoms with Gasteiger partial charge in [-0.3, -0.25) is 9.59 Å². The highest BCUT2D eigenvalue weighted by Gasteiger charge is 2.18. The number of carbonyl (C=O) groups excluding carboxylic acids is 2. The van der Waals surface area contributed by atoms with Gasteiger partial charge in [-0.05, 0) is 36.8 Å². The van der Waals surface area contributed by atoms with E-state index in [4.69, 9.17) is 0 Å². The van der Waals surface area contributed by atoms with Gasteiger partial charge in [0.1, 0.15) is 0 Å². The molecule has 0 radical (unpaired) electrons. The Hall–Kier alpha value is -2.10. The van der Waals surface area contributed by atoms with Crippen LogP contribution in [0.4, 0.5) is 0 Å². The van der Waals surface area contributed by atoms with Gasteiger partial charge in [0.05, 0.1) is 0 Å². The Morgan fingerprint density at radius 2 is 1.52 bits per heavy atom. The first kappa shape index (κ1) is 13.9. The van der Waals surface area contributed by atoms with Crippen molar-refractivity contribution < 1.29 is 9.59 Å². The van der Waals surface area contributed by atoms with Gasteiger partial charge in [-0.1, -0.05) is 0 Å². The third-order valence-corrected chi connectivity index (χ3v) is 4.17. The molecule has 4 rings (SSSR count). The minimum absolute atomic E-state index is 0.294. The number of hydrogen-bond donors (Lipinski definition) is 1. The molecule has 2 aliphatic carbocycles. The molecule has 0 unspecified atom stereocenters. The van der Waals surface area contributed by atoms with E-state index in [1.165, 1.54) is 11.1 Å². The van der Waals surface area contributed by atoms with Crippen LogP contribution in [0.3, 0.4) is 0 Å². The van der Waals surface area contributed by atoms with Crippen molar-refractivity contribution in [3.63, 3.8) is 0 Å². The summed E-state index contributed by atoms with van der Waals surface area (Å²) in [5.41, 5.74) is 4.27. The summed E-state index contributed by atoms with van der Waals surface area (Å²) in [6.45, 7) is 0. The summed E-state index contributed by atoms with van der Waals surface area (Å²) in [5.74, 6) is 0.606. The van der Waals surface area contributed by atoms with E-state index in [0.717, 1.165) is 49.7 Å². The van der Waals surface area contributed by atoms with Crippen molar-refractivity contribution >= 4 is 11.6 Å². The summed E-state index contributed by atoms with van der Waals surface area (Å²) in [4.78, 5) is 25.4. The van der Waals surface area contributed by atoms with Crippen LogP contribution in [0.5, 0.6) is 0 Å². The average molecular weight is 284 g/mol. The highest BCUT2D eigenvalue weighted by atomic mass is 16.1. The lowest BCUT2D eigenvalue weighted by atomic mass is 9.95. The van der Waals surface area contributed by atoms with E-state index in [1.54, 1.807) is 6.20 Å². The lowest BCUT2D eigenvalue weighted by Crippen LogP contribution is -2.07. The van der Waals surface area contributed by atoms with Crippen LogP contribution in [-0.2, 0) is 19.9 Å². The molecule has 2 aromatic heterocycles. The lowest BCUT2D eigenvalue weighted by molar-refractivity contribution is 0.0965. The van der Waals surface area contributed by atoms with Gasteiger partial charge in [0.25, 0.3) is 0 Å². The van der Waals surface area contributed by atoms with E-state index in [0.29, 0.717) is 11.6 Å². The molecule has 0 spiro atoms. The number of aromatic amines is 1. The molecule has 110 valence electrons. The van der Waals surface area contributed by atoms with Gasteiger partial charge in [0.15, 0.2) is 11.6 Å². The largest absolute Gasteiger partial charge is 0.367 e. The summed E-state index contributed by atoms with van der Waals surface area (Å²) in [6.07, 6.45) is 13.3. The molecule has 0 bridgehead atoms. The number of nitrogens with zero attached hydrogens (tertiary/aromatic N) is 1. The van der Waals surface area contributed by atoms with Crippen molar-refractivity contribution in [3.05, 3.63) is 47.0 Å². The van der Waals surface area contributed by atoms with Crippen molar-refractivity contribution in [1.82, 2.24) is 9.55 Å². The molecule has 0 saturated carbocycles. The van der Waals surface area contributed by atoms with Crippen LogP contribution < -0.4 is 0 Å². The maximum Gasteiger partial charge on any atom is 0.164 e. The van der Waals surface area contributed by atoms with Gasteiger partial charge in [-0.15, -0.1) is 0 Å². The van der Waals surface area contributed by atoms with Gasteiger partial charge in [-0.2, -0.15) is 0 Å². The topological polar surface area (TPSA) is 54.9 Å². The van der Waals surface area contributed by atoms with E-state index >= 15 is 0 Å². The second-order valence-electron chi connectivity index (χ2n) is 5.81. The van der Waals surface area contributed by atoms with Crippen LogP contribution in [0.2, 0.25) is 0 Å². The Morgan fingerprint density at radius 3 is 2.19 bits per heavy atom. The number of aromatic nitrogens is 2. The van der Waals surface area contributed by atoms with Crippen LogP contribution in [0.1, 0.15) is 57.5 Å². The Balaban J connectivity index is 0.000000126. The van der Waals surface area contributed by atoms with Crippen molar-refractivity contribution in [2.75, 3.05) is 0 Å². The lowest BCUT2D eigenvalue weighted by Gasteiger charge is -2.07. The van der Waals surface area contributed by atoms with E-state index in [-0.39, 0.29) is 0 Å². The Kier molecular flexibility index (Phi) is 3.78. The Bertz CT molecular complexity index is 679. The predicted molar refractivity (Wildman–Crippen MR) is 80.7 cm³/mol. The van der Waals surface area contributed by atoms with Crippen LogP contribution in [-0.4, -0.2) is 21.1 Å². The molecule has 0 aliphatic heterocycles. The molecule has 2 aromatic rings. The monoisotopic (exact) mass is 284 g/mol. The smallest absolute Gasteiger partial charge is 0.164 e. The molecule has 1 N–H and O–H groups in total. The third kappa shape index (κ3) is 2.84. The number of fused-ring (bicyclic) bond motifs is 2. The fraction of sp³-hybridized carbons (Fsp3) is 0.412. The number of Topliss-reactive ketones (excluding diaryl/α,β-unsaturated/α-hetero) is 2. The van der Waals surface area contributed by atoms with Gasteiger partial charge < -0.3 is 9.55 Å². The number of rotatable bonds is 0. The van der Waals surface area contributed by atoms with Crippen molar-refractivity contribution in [2.45, 2.75) is 38.5 Å². The number of nitrogens with one attached hydrogen (secondary N) is 1. The maximum atomic E-state index is 11.3. The molecule has 4 heteroatoms. The first-order valence-electron chi connectivity index (χ1n) is 7.52. The van der Waals surface area contributed by atoms with Crippen LogP contribution >= 0.6 is 0 Å². The summed E-state index contributed by atoms with van der Waals surface area (Å²) < 4.78 is 1.97. The van der Waals surface area contributed by atoms with Crippen LogP contribution in [0.15, 0.2) is 24.8 Å². The summed E-state index contributed by atoms with van der Waals surface area (Å²) in [5, 5.41) is 0. The van der Waals surface area contributed by atoms with E-state index < -0.39 is 0 Å². The van der Waals surface area contributed by atoms with E-state index in [1.807, 2.05) is 30.2 Å². The molecule has 0 saturated heterocycles. The van der Waals surface area contributed by atoms with Gasteiger partial charge in [0.2, 0.25) is 0 Å². The second-order valence-corrected chi connectivity index (χ2v) is 5.81. The van der Waals surface area contributed by atoms with Crippen LogP contribution in [0, 0.1) is 0 Å². The minimum atomic E-state index is 0.294. The Labute approximate surface area is 124 Å². The fourth-order valence-corrected chi connectivity index (χ4v) is 3.10. The summed E-state index contributed by atoms with van der Waals surface area (Å²) >= 11 is 0. The highest BCUT2D eigenvalue weighted by molar-refractivity contribution is 5.98. The molecule has 4 nitrogen and oxygen atoms in total. The van der Waals surface area contributed by atoms with E-state index in [9.17, 15) is 9.59 Å². The zero-order valence-corrected chi connectivity index (χ0v) is 12.3. The zero-order chi connectivity index (χ0) is 14.8. The van der Waals surface area contributed by atoms with Crippen molar-refractivity contribution in [1.29, 1.82) is 0 Å². The van der Waals surface area contributed by atoms with Crippen molar-refractivity contribution in [2.24, 2.45) is 7.05 Å². The normalized spacial score (nSPS) is 16.8. The molecule has 2 heterocycles. The van der Waals surface area contributed by atoms with Gasteiger partial charge in [-0.25, -0.2) is 0 Å². The average Bonchev–Trinajstić information content (AvgIpc) is 3.06. The maximum absolute atomic E-state index is 11.3. The number of hydrogen-bond acceptors (Lipinski definition) is 2. The number of carbonyl (C=O) groups is 2. The summed E-state index contributed by atoms with van der Waals surface area (Å²) in [6, 6.07) is 0. The first-order chi connectivity index (χ1) is 10.1. The minimum Gasteiger partial charge on any atom is -0.367 e. The molecule has 2 aliphatic rings.